The largest absolute Gasteiger partial charge is 0.495 e. The van der Waals surface area contributed by atoms with Crippen LogP contribution in [0.15, 0.2) is 11.8 Å². The molecule has 0 N–H and O–H groups in total. The highest BCUT2D eigenvalue weighted by molar-refractivity contribution is 5.82. The van der Waals surface area contributed by atoms with Crippen LogP contribution in [0.1, 0.15) is 26.7 Å². The molecule has 1 fully saturated rings. The van der Waals surface area contributed by atoms with Gasteiger partial charge in [0.15, 0.2) is 0 Å². The van der Waals surface area contributed by atoms with Crippen molar-refractivity contribution in [1.82, 2.24) is 0 Å². The van der Waals surface area contributed by atoms with Gasteiger partial charge in [0.05, 0.1) is 12.7 Å². The normalized spacial score (nSPS) is 26.8. The lowest BCUT2D eigenvalue weighted by Gasteiger charge is -2.14. The van der Waals surface area contributed by atoms with Crippen molar-refractivity contribution < 1.29 is 19.0 Å². The maximum Gasteiger partial charge on any atom is 0.334 e. The standard InChI is InChI=1S/C12H20O4/c1-4-6-9-10(7-12(13)15-5-2)16-8-11(9)14-3/h7,9,11H,4-6,8H2,1-3H3/b10-7+/t9-,11-/m1/s1. The fourth-order valence-corrected chi connectivity index (χ4v) is 1.91. The summed E-state index contributed by atoms with van der Waals surface area (Å²) in [5.74, 6) is 0.543. The first-order valence-electron chi connectivity index (χ1n) is 5.76. The van der Waals surface area contributed by atoms with Crippen LogP contribution < -0.4 is 0 Å². The van der Waals surface area contributed by atoms with Crippen molar-refractivity contribution >= 4 is 5.97 Å². The number of hydrogen-bond acceptors (Lipinski definition) is 4. The molecule has 1 aliphatic rings. The summed E-state index contributed by atoms with van der Waals surface area (Å²) >= 11 is 0. The van der Waals surface area contributed by atoms with Gasteiger partial charge in [-0.05, 0) is 13.3 Å². The zero-order valence-corrected chi connectivity index (χ0v) is 10.2. The van der Waals surface area contributed by atoms with E-state index in [1.165, 1.54) is 6.08 Å². The summed E-state index contributed by atoms with van der Waals surface area (Å²) in [5, 5.41) is 0. The molecule has 0 unspecified atom stereocenters. The van der Waals surface area contributed by atoms with Crippen LogP contribution in [0.2, 0.25) is 0 Å². The average molecular weight is 228 g/mol. The Kier molecular flexibility index (Phi) is 5.32. The fourth-order valence-electron chi connectivity index (χ4n) is 1.91. The monoisotopic (exact) mass is 228 g/mol. The molecule has 0 aromatic heterocycles. The number of carbonyl (C=O) groups excluding carboxylic acids is 1. The minimum Gasteiger partial charge on any atom is -0.495 e. The highest BCUT2D eigenvalue weighted by Crippen LogP contribution is 2.30. The highest BCUT2D eigenvalue weighted by atomic mass is 16.5. The summed E-state index contributed by atoms with van der Waals surface area (Å²) in [6.07, 6.45) is 3.50. The molecule has 92 valence electrons. The molecule has 1 heterocycles. The zero-order chi connectivity index (χ0) is 12.0. The van der Waals surface area contributed by atoms with Gasteiger partial charge in [0.2, 0.25) is 0 Å². The maximum atomic E-state index is 11.3. The van der Waals surface area contributed by atoms with Gasteiger partial charge in [-0.25, -0.2) is 4.79 Å². The summed E-state index contributed by atoms with van der Waals surface area (Å²) in [5.41, 5.74) is 0. The second-order valence-corrected chi connectivity index (χ2v) is 3.78. The Balaban J connectivity index is 2.67. The molecule has 0 saturated carbocycles. The second-order valence-electron chi connectivity index (χ2n) is 3.78. The van der Waals surface area contributed by atoms with Crippen molar-refractivity contribution in [2.45, 2.75) is 32.8 Å². The van der Waals surface area contributed by atoms with Crippen molar-refractivity contribution in [3.63, 3.8) is 0 Å². The summed E-state index contributed by atoms with van der Waals surface area (Å²) in [6, 6.07) is 0. The SMILES string of the molecule is CCC[C@@H]1/C(=C\C(=O)OCC)OC[C@H]1OC. The molecule has 0 radical (unpaired) electrons. The number of rotatable bonds is 5. The first-order valence-corrected chi connectivity index (χ1v) is 5.76. The van der Waals surface area contributed by atoms with Crippen molar-refractivity contribution in [1.29, 1.82) is 0 Å². The lowest BCUT2D eigenvalue weighted by atomic mass is 9.97. The van der Waals surface area contributed by atoms with Crippen LogP contribution >= 0.6 is 0 Å². The average Bonchev–Trinajstić information content (AvgIpc) is 2.62. The molecule has 16 heavy (non-hydrogen) atoms. The van der Waals surface area contributed by atoms with E-state index in [2.05, 4.69) is 6.92 Å². The summed E-state index contributed by atoms with van der Waals surface area (Å²) in [7, 11) is 1.67. The molecular weight excluding hydrogens is 208 g/mol. The van der Waals surface area contributed by atoms with Gasteiger partial charge in [-0.2, -0.15) is 0 Å². The first kappa shape index (κ1) is 13.0. The smallest absolute Gasteiger partial charge is 0.334 e. The molecule has 0 aromatic rings. The Hall–Kier alpha value is -1.03. The Bertz CT molecular complexity index is 260. The van der Waals surface area contributed by atoms with E-state index in [1.54, 1.807) is 14.0 Å². The molecule has 0 aromatic carbocycles. The van der Waals surface area contributed by atoms with E-state index in [-0.39, 0.29) is 18.0 Å². The van der Waals surface area contributed by atoms with Gasteiger partial charge in [0, 0.05) is 13.0 Å². The van der Waals surface area contributed by atoms with Crippen molar-refractivity contribution in [3.05, 3.63) is 11.8 Å². The molecule has 0 spiro atoms. The summed E-state index contributed by atoms with van der Waals surface area (Å²) < 4.78 is 15.7. The van der Waals surface area contributed by atoms with Gasteiger partial charge in [0.1, 0.15) is 18.5 Å². The van der Waals surface area contributed by atoms with E-state index in [0.717, 1.165) is 12.8 Å². The molecule has 1 saturated heterocycles. The van der Waals surface area contributed by atoms with Gasteiger partial charge in [-0.15, -0.1) is 0 Å². The lowest BCUT2D eigenvalue weighted by molar-refractivity contribution is -0.137. The van der Waals surface area contributed by atoms with Crippen LogP contribution in [0, 0.1) is 5.92 Å². The van der Waals surface area contributed by atoms with Crippen LogP contribution in [-0.2, 0) is 19.0 Å². The van der Waals surface area contributed by atoms with Crippen LogP contribution in [0.4, 0.5) is 0 Å². The minimum absolute atomic E-state index is 0.0561. The van der Waals surface area contributed by atoms with Gasteiger partial charge < -0.3 is 14.2 Å². The van der Waals surface area contributed by atoms with Crippen LogP contribution in [-0.4, -0.2) is 32.4 Å². The predicted molar refractivity (Wildman–Crippen MR) is 59.9 cm³/mol. The van der Waals surface area contributed by atoms with E-state index in [9.17, 15) is 4.79 Å². The van der Waals surface area contributed by atoms with Crippen LogP contribution in [0.3, 0.4) is 0 Å². The van der Waals surface area contributed by atoms with Gasteiger partial charge in [-0.1, -0.05) is 13.3 Å². The van der Waals surface area contributed by atoms with Crippen molar-refractivity contribution in [2.24, 2.45) is 5.92 Å². The Morgan fingerprint density at radius 3 is 2.88 bits per heavy atom. The molecule has 0 bridgehead atoms. The van der Waals surface area contributed by atoms with E-state index in [0.29, 0.717) is 19.0 Å². The van der Waals surface area contributed by atoms with E-state index in [1.807, 2.05) is 0 Å². The van der Waals surface area contributed by atoms with Crippen LogP contribution in [0.25, 0.3) is 0 Å². The first-order chi connectivity index (χ1) is 7.72. The van der Waals surface area contributed by atoms with E-state index in [4.69, 9.17) is 14.2 Å². The topological polar surface area (TPSA) is 44.8 Å². The third-order valence-corrected chi connectivity index (χ3v) is 2.68. The molecular formula is C12H20O4. The molecule has 2 atom stereocenters. The molecule has 0 aliphatic carbocycles. The van der Waals surface area contributed by atoms with Gasteiger partial charge in [-0.3, -0.25) is 0 Å². The molecule has 4 nitrogen and oxygen atoms in total. The summed E-state index contributed by atoms with van der Waals surface area (Å²) in [4.78, 5) is 11.3. The Labute approximate surface area is 96.6 Å². The minimum atomic E-state index is -0.338. The Morgan fingerprint density at radius 2 is 2.31 bits per heavy atom. The third kappa shape index (κ3) is 3.23. The van der Waals surface area contributed by atoms with E-state index < -0.39 is 0 Å². The molecule has 0 amide bonds. The zero-order valence-electron chi connectivity index (χ0n) is 10.2. The molecule has 1 aliphatic heterocycles. The quantitative estimate of drug-likeness (QED) is 0.532. The van der Waals surface area contributed by atoms with Gasteiger partial charge >= 0.3 is 5.97 Å². The van der Waals surface area contributed by atoms with Crippen molar-refractivity contribution in [2.75, 3.05) is 20.3 Å². The number of carbonyl (C=O) groups is 1. The van der Waals surface area contributed by atoms with E-state index >= 15 is 0 Å². The number of esters is 1. The summed E-state index contributed by atoms with van der Waals surface area (Å²) in [6.45, 7) is 4.79. The molecule has 4 heteroatoms. The number of hydrogen-bond donors (Lipinski definition) is 0. The number of methoxy groups -OCH3 is 1. The third-order valence-electron chi connectivity index (χ3n) is 2.68. The highest BCUT2D eigenvalue weighted by Gasteiger charge is 2.33. The Morgan fingerprint density at radius 1 is 1.56 bits per heavy atom. The lowest BCUT2D eigenvalue weighted by Crippen LogP contribution is -2.20. The molecule has 1 rings (SSSR count). The number of ether oxygens (including phenoxy) is 3. The second kappa shape index (κ2) is 6.53. The maximum absolute atomic E-state index is 11.3. The van der Waals surface area contributed by atoms with Crippen LogP contribution in [0.5, 0.6) is 0 Å². The van der Waals surface area contributed by atoms with Gasteiger partial charge in [0.25, 0.3) is 0 Å². The van der Waals surface area contributed by atoms with Crippen molar-refractivity contribution in [3.8, 4) is 0 Å². The fraction of sp³-hybridized carbons (Fsp3) is 0.750. The predicted octanol–water partition coefficient (Wildman–Crippen LogP) is 1.89.